The van der Waals surface area contributed by atoms with Crippen LogP contribution in [0.3, 0.4) is 0 Å². The lowest BCUT2D eigenvalue weighted by atomic mass is 10.1. The van der Waals surface area contributed by atoms with Gasteiger partial charge in [-0.1, -0.05) is 16.8 Å². The molecule has 0 aliphatic carbocycles. The number of aromatic nitrogens is 6. The largest absolute Gasteiger partial charge is 0.358 e. The van der Waals surface area contributed by atoms with Crippen LogP contribution in [-0.4, -0.2) is 30.1 Å². The summed E-state index contributed by atoms with van der Waals surface area (Å²) < 4.78 is 5.21. The number of fused-ring (bicyclic) bond motifs is 1. The highest BCUT2D eigenvalue weighted by Crippen LogP contribution is 2.26. The Hall–Kier alpha value is -3.13. The second-order valence-electron chi connectivity index (χ2n) is 5.72. The van der Waals surface area contributed by atoms with Gasteiger partial charge in [-0.15, -0.1) is 0 Å². The molecule has 0 aliphatic heterocycles. The van der Waals surface area contributed by atoms with Crippen molar-refractivity contribution in [1.82, 2.24) is 30.1 Å². The minimum absolute atomic E-state index is 0.216. The molecule has 0 radical (unpaired) electrons. The van der Waals surface area contributed by atoms with Gasteiger partial charge in [0.15, 0.2) is 11.5 Å². The predicted molar refractivity (Wildman–Crippen MR) is 96.6 cm³/mol. The van der Waals surface area contributed by atoms with E-state index in [1.165, 1.54) is 6.33 Å². The van der Waals surface area contributed by atoms with Gasteiger partial charge in [0.2, 0.25) is 5.89 Å². The molecule has 0 aromatic carbocycles. The smallest absolute Gasteiger partial charge is 0.248 e. The Bertz CT molecular complexity index is 1060. The van der Waals surface area contributed by atoms with Crippen molar-refractivity contribution in [2.75, 3.05) is 5.32 Å². The van der Waals surface area contributed by atoms with Crippen LogP contribution in [0.4, 0.5) is 5.82 Å². The van der Waals surface area contributed by atoms with E-state index in [4.69, 9.17) is 16.1 Å². The lowest BCUT2D eigenvalue weighted by Gasteiger charge is -2.12. The van der Waals surface area contributed by atoms with E-state index in [0.29, 0.717) is 28.2 Å². The van der Waals surface area contributed by atoms with E-state index >= 15 is 0 Å². The summed E-state index contributed by atoms with van der Waals surface area (Å²) in [7, 11) is 0. The predicted octanol–water partition coefficient (Wildman–Crippen LogP) is 3.60. The molecule has 0 saturated carbocycles. The summed E-state index contributed by atoms with van der Waals surface area (Å²) in [6.45, 7) is 3.69. The number of nitrogens with one attached hydrogen (secondary N) is 1. The summed E-state index contributed by atoms with van der Waals surface area (Å²) in [6, 6.07) is 5.35. The molecule has 0 aliphatic rings. The Kier molecular flexibility index (Phi) is 4.18. The summed E-state index contributed by atoms with van der Waals surface area (Å²) in [5, 5.41) is 8.43. The van der Waals surface area contributed by atoms with E-state index in [9.17, 15) is 0 Å². The van der Waals surface area contributed by atoms with Gasteiger partial charge in [-0.3, -0.25) is 4.98 Å². The fourth-order valence-corrected chi connectivity index (χ4v) is 2.61. The molecular formula is C17H14ClN7O. The Balaban J connectivity index is 1.72. The highest BCUT2D eigenvalue weighted by Gasteiger charge is 2.16. The molecule has 1 unspecified atom stereocenters. The third-order valence-electron chi connectivity index (χ3n) is 3.78. The number of pyridine rings is 2. The topological polar surface area (TPSA) is 103 Å². The first-order valence-corrected chi connectivity index (χ1v) is 8.27. The number of hydrogen-bond donors (Lipinski definition) is 1. The molecule has 0 fully saturated rings. The Morgan fingerprint density at radius 2 is 2.00 bits per heavy atom. The molecule has 4 heterocycles. The van der Waals surface area contributed by atoms with Crippen LogP contribution < -0.4 is 5.32 Å². The molecule has 4 aromatic rings. The zero-order valence-electron chi connectivity index (χ0n) is 14.0. The number of nitrogens with zero attached hydrogens (tertiary/aromatic N) is 6. The fourth-order valence-electron chi connectivity index (χ4n) is 2.50. The molecule has 0 bridgehead atoms. The van der Waals surface area contributed by atoms with Crippen LogP contribution in [0.5, 0.6) is 0 Å². The maximum absolute atomic E-state index is 5.91. The van der Waals surface area contributed by atoms with Gasteiger partial charge in [-0.05, 0) is 32.0 Å². The number of anilines is 1. The molecule has 1 atom stereocenters. The van der Waals surface area contributed by atoms with Crippen LogP contribution in [0.25, 0.3) is 22.3 Å². The van der Waals surface area contributed by atoms with Crippen LogP contribution in [0, 0.1) is 6.92 Å². The van der Waals surface area contributed by atoms with Crippen molar-refractivity contribution in [1.29, 1.82) is 0 Å². The molecule has 4 rings (SSSR count). The first-order chi connectivity index (χ1) is 12.6. The molecule has 8 nitrogen and oxygen atoms in total. The average molecular weight is 368 g/mol. The van der Waals surface area contributed by atoms with E-state index in [-0.39, 0.29) is 6.04 Å². The molecule has 0 amide bonds. The molecule has 1 N–H and O–H groups in total. The van der Waals surface area contributed by atoms with Gasteiger partial charge < -0.3 is 9.84 Å². The maximum Gasteiger partial charge on any atom is 0.248 e. The van der Waals surface area contributed by atoms with Crippen molar-refractivity contribution in [2.24, 2.45) is 0 Å². The van der Waals surface area contributed by atoms with E-state index in [1.54, 1.807) is 25.4 Å². The fraction of sp³-hybridized carbons (Fsp3) is 0.176. The summed E-state index contributed by atoms with van der Waals surface area (Å²) >= 11 is 5.91. The highest BCUT2D eigenvalue weighted by atomic mass is 35.5. The van der Waals surface area contributed by atoms with Gasteiger partial charge in [0.1, 0.15) is 18.2 Å². The summed E-state index contributed by atoms with van der Waals surface area (Å²) in [5.41, 5.74) is 2.18. The van der Waals surface area contributed by atoms with Crippen molar-refractivity contribution >= 4 is 28.5 Å². The lowest BCUT2D eigenvalue weighted by Crippen LogP contribution is -2.09. The zero-order valence-corrected chi connectivity index (χ0v) is 14.8. The summed E-state index contributed by atoms with van der Waals surface area (Å²) in [5.74, 6) is 1.69. The van der Waals surface area contributed by atoms with E-state index in [1.807, 2.05) is 19.1 Å². The van der Waals surface area contributed by atoms with Crippen LogP contribution in [-0.2, 0) is 0 Å². The van der Waals surface area contributed by atoms with Crippen LogP contribution in [0.1, 0.15) is 24.7 Å². The maximum atomic E-state index is 5.91. The molecule has 0 saturated heterocycles. The van der Waals surface area contributed by atoms with Crippen molar-refractivity contribution in [2.45, 2.75) is 19.9 Å². The van der Waals surface area contributed by atoms with Gasteiger partial charge >= 0.3 is 0 Å². The molecular weight excluding hydrogens is 354 g/mol. The Labute approximate surface area is 153 Å². The lowest BCUT2D eigenvalue weighted by molar-refractivity contribution is 0.364. The van der Waals surface area contributed by atoms with Crippen molar-refractivity contribution < 1.29 is 4.52 Å². The van der Waals surface area contributed by atoms with E-state index in [0.717, 1.165) is 16.6 Å². The van der Waals surface area contributed by atoms with Crippen LogP contribution >= 0.6 is 11.6 Å². The van der Waals surface area contributed by atoms with Gasteiger partial charge in [-0.2, -0.15) is 4.98 Å². The second-order valence-corrected chi connectivity index (χ2v) is 6.16. The molecule has 130 valence electrons. The minimum Gasteiger partial charge on any atom is -0.358 e. The van der Waals surface area contributed by atoms with Crippen molar-refractivity contribution in [3.05, 3.63) is 53.7 Å². The molecule has 4 aromatic heterocycles. The highest BCUT2D eigenvalue weighted by molar-refractivity contribution is 6.30. The van der Waals surface area contributed by atoms with Gasteiger partial charge in [0, 0.05) is 18.0 Å². The van der Waals surface area contributed by atoms with Crippen molar-refractivity contribution in [3.8, 4) is 11.3 Å². The Morgan fingerprint density at radius 3 is 2.73 bits per heavy atom. The Morgan fingerprint density at radius 1 is 1.12 bits per heavy atom. The SMILES string of the molecule is Cc1noc(C(C)Nc2ncnc3ncc(-c4ccc(Cl)cn4)cc23)n1. The van der Waals surface area contributed by atoms with Gasteiger partial charge in [0.05, 0.1) is 16.1 Å². The van der Waals surface area contributed by atoms with Gasteiger partial charge in [0.25, 0.3) is 0 Å². The summed E-state index contributed by atoms with van der Waals surface area (Å²) in [4.78, 5) is 21.5. The van der Waals surface area contributed by atoms with Gasteiger partial charge in [-0.25, -0.2) is 15.0 Å². The molecule has 9 heteroatoms. The van der Waals surface area contributed by atoms with Crippen molar-refractivity contribution in [3.63, 3.8) is 0 Å². The number of rotatable bonds is 4. The average Bonchev–Trinajstić information content (AvgIpc) is 3.09. The number of aryl methyl sites for hydroxylation is 1. The monoisotopic (exact) mass is 367 g/mol. The third-order valence-corrected chi connectivity index (χ3v) is 4.00. The first-order valence-electron chi connectivity index (χ1n) is 7.89. The minimum atomic E-state index is -0.216. The zero-order chi connectivity index (χ0) is 18.1. The van der Waals surface area contributed by atoms with E-state index < -0.39 is 0 Å². The quantitative estimate of drug-likeness (QED) is 0.583. The normalized spacial score (nSPS) is 12.3. The number of halogens is 1. The van der Waals surface area contributed by atoms with Crippen LogP contribution in [0.15, 0.2) is 41.4 Å². The third kappa shape index (κ3) is 3.18. The molecule has 26 heavy (non-hydrogen) atoms. The second kappa shape index (κ2) is 6.64. The molecule has 0 spiro atoms. The van der Waals surface area contributed by atoms with Crippen LogP contribution in [0.2, 0.25) is 5.02 Å². The number of hydrogen-bond acceptors (Lipinski definition) is 8. The first kappa shape index (κ1) is 16.3. The van der Waals surface area contributed by atoms with E-state index in [2.05, 4.69) is 35.4 Å². The summed E-state index contributed by atoms with van der Waals surface area (Å²) in [6.07, 6.45) is 4.78. The standard InChI is InChI=1S/C17H14ClN7O/c1-9(17-24-10(2)25-26-17)23-16-13-5-11(6-20-15(13)21-8-22-16)14-4-3-12(18)7-19-14/h3-9H,1-2H3,(H,20,21,22,23).